The minimum absolute atomic E-state index is 0.762. The lowest BCUT2D eigenvalue weighted by molar-refractivity contribution is 0.780. The highest BCUT2D eigenvalue weighted by Gasteiger charge is 2.06. The average molecular weight is 179 g/mol. The van der Waals surface area contributed by atoms with Crippen molar-refractivity contribution in [2.75, 3.05) is 23.7 Å². The maximum absolute atomic E-state index is 5.82. The van der Waals surface area contributed by atoms with Crippen molar-refractivity contribution in [3.8, 4) is 0 Å². The van der Waals surface area contributed by atoms with Gasteiger partial charge in [0.05, 0.1) is 5.69 Å². The third kappa shape index (κ3) is 2.34. The lowest BCUT2D eigenvalue weighted by atomic mass is 10.3. The van der Waals surface area contributed by atoms with E-state index in [1.807, 2.05) is 12.1 Å². The second kappa shape index (κ2) is 4.70. The van der Waals surface area contributed by atoms with Crippen LogP contribution in [0.15, 0.2) is 18.3 Å². The molecule has 0 unspecified atom stereocenters. The van der Waals surface area contributed by atoms with Crippen LogP contribution in [-0.4, -0.2) is 18.1 Å². The summed E-state index contributed by atoms with van der Waals surface area (Å²) in [6.07, 6.45) is 2.90. The van der Waals surface area contributed by atoms with E-state index in [9.17, 15) is 0 Å². The first kappa shape index (κ1) is 9.84. The predicted octanol–water partition coefficient (Wildman–Crippen LogP) is 1.90. The molecule has 0 radical (unpaired) electrons. The molecule has 1 aromatic rings. The summed E-state index contributed by atoms with van der Waals surface area (Å²) >= 11 is 0. The molecule has 0 aliphatic heterocycles. The highest BCUT2D eigenvalue weighted by atomic mass is 15.2. The van der Waals surface area contributed by atoms with Gasteiger partial charge in [-0.1, -0.05) is 6.92 Å². The number of hydrogen-bond donors (Lipinski definition) is 1. The van der Waals surface area contributed by atoms with Crippen LogP contribution in [0.25, 0.3) is 0 Å². The van der Waals surface area contributed by atoms with Gasteiger partial charge in [0.1, 0.15) is 0 Å². The Hall–Kier alpha value is -1.25. The molecule has 0 bridgehead atoms. The summed E-state index contributed by atoms with van der Waals surface area (Å²) in [5.74, 6) is 0.909. The number of nitrogen functional groups attached to an aromatic ring is 1. The molecule has 1 rings (SSSR count). The Kier molecular flexibility index (Phi) is 3.55. The Bertz CT molecular complexity index is 260. The normalized spacial score (nSPS) is 10.0. The number of nitrogens with two attached hydrogens (primary N) is 1. The minimum Gasteiger partial charge on any atom is -0.396 e. The molecular weight excluding hydrogens is 162 g/mol. The fourth-order valence-electron chi connectivity index (χ4n) is 1.36. The monoisotopic (exact) mass is 179 g/mol. The molecule has 0 spiro atoms. The van der Waals surface area contributed by atoms with Crippen LogP contribution in [0.2, 0.25) is 0 Å². The molecule has 0 amide bonds. The van der Waals surface area contributed by atoms with Gasteiger partial charge < -0.3 is 10.6 Å². The fourth-order valence-corrected chi connectivity index (χ4v) is 1.36. The first-order valence-electron chi connectivity index (χ1n) is 4.75. The van der Waals surface area contributed by atoms with Gasteiger partial charge in [0.2, 0.25) is 0 Å². The number of aromatic nitrogens is 1. The molecule has 0 aromatic carbocycles. The van der Waals surface area contributed by atoms with E-state index >= 15 is 0 Å². The quantitative estimate of drug-likeness (QED) is 0.767. The van der Waals surface area contributed by atoms with Gasteiger partial charge in [-0.3, -0.25) is 0 Å². The lowest BCUT2D eigenvalue weighted by Crippen LogP contribution is -2.25. The van der Waals surface area contributed by atoms with Crippen LogP contribution in [0.5, 0.6) is 0 Å². The SMILES string of the molecule is CCCN(CC)c1ncccc1N. The first-order chi connectivity index (χ1) is 6.29. The van der Waals surface area contributed by atoms with E-state index in [4.69, 9.17) is 5.73 Å². The highest BCUT2D eigenvalue weighted by Crippen LogP contribution is 2.18. The van der Waals surface area contributed by atoms with Gasteiger partial charge in [0.25, 0.3) is 0 Å². The molecule has 0 saturated carbocycles. The van der Waals surface area contributed by atoms with Gasteiger partial charge in [-0.15, -0.1) is 0 Å². The smallest absolute Gasteiger partial charge is 0.151 e. The van der Waals surface area contributed by atoms with Crippen molar-refractivity contribution in [2.45, 2.75) is 20.3 Å². The van der Waals surface area contributed by atoms with Crippen LogP contribution in [0.4, 0.5) is 11.5 Å². The molecule has 0 atom stereocenters. The maximum atomic E-state index is 5.82. The molecule has 1 aromatic heterocycles. The Morgan fingerprint density at radius 2 is 2.23 bits per heavy atom. The summed E-state index contributed by atoms with van der Waals surface area (Å²) in [4.78, 5) is 6.46. The average Bonchev–Trinajstić information content (AvgIpc) is 2.16. The summed E-state index contributed by atoms with van der Waals surface area (Å²) in [6, 6.07) is 3.75. The molecule has 3 heteroatoms. The number of pyridine rings is 1. The molecule has 72 valence electrons. The Balaban J connectivity index is 2.84. The summed E-state index contributed by atoms with van der Waals surface area (Å²) in [5.41, 5.74) is 6.58. The summed E-state index contributed by atoms with van der Waals surface area (Å²) in [5, 5.41) is 0. The topological polar surface area (TPSA) is 42.2 Å². The Labute approximate surface area is 79.6 Å². The van der Waals surface area contributed by atoms with Crippen LogP contribution < -0.4 is 10.6 Å². The number of rotatable bonds is 4. The molecule has 2 N–H and O–H groups in total. The van der Waals surface area contributed by atoms with Gasteiger partial charge in [-0.05, 0) is 25.5 Å². The third-order valence-corrected chi connectivity index (χ3v) is 1.99. The largest absolute Gasteiger partial charge is 0.396 e. The minimum atomic E-state index is 0.762. The van der Waals surface area contributed by atoms with E-state index in [-0.39, 0.29) is 0 Å². The van der Waals surface area contributed by atoms with Crippen molar-refractivity contribution in [1.82, 2.24) is 4.98 Å². The maximum Gasteiger partial charge on any atom is 0.151 e. The molecule has 1 heterocycles. The predicted molar refractivity (Wildman–Crippen MR) is 56.8 cm³/mol. The second-order valence-electron chi connectivity index (χ2n) is 3.00. The van der Waals surface area contributed by atoms with E-state index in [2.05, 4.69) is 23.7 Å². The first-order valence-corrected chi connectivity index (χ1v) is 4.75. The Morgan fingerprint density at radius 1 is 1.46 bits per heavy atom. The van der Waals surface area contributed by atoms with Crippen LogP contribution in [0, 0.1) is 0 Å². The van der Waals surface area contributed by atoms with E-state index < -0.39 is 0 Å². The Morgan fingerprint density at radius 3 is 2.77 bits per heavy atom. The van der Waals surface area contributed by atoms with Crippen molar-refractivity contribution >= 4 is 11.5 Å². The van der Waals surface area contributed by atoms with Crippen molar-refractivity contribution in [3.63, 3.8) is 0 Å². The number of nitrogens with zero attached hydrogens (tertiary/aromatic N) is 2. The molecule has 0 aliphatic rings. The lowest BCUT2D eigenvalue weighted by Gasteiger charge is -2.22. The number of hydrogen-bond acceptors (Lipinski definition) is 3. The zero-order valence-electron chi connectivity index (χ0n) is 8.33. The summed E-state index contributed by atoms with van der Waals surface area (Å²) in [6.45, 7) is 6.23. The van der Waals surface area contributed by atoms with E-state index in [0.717, 1.165) is 31.0 Å². The van der Waals surface area contributed by atoms with Crippen molar-refractivity contribution in [3.05, 3.63) is 18.3 Å². The van der Waals surface area contributed by atoms with Gasteiger partial charge in [0.15, 0.2) is 5.82 Å². The fraction of sp³-hybridized carbons (Fsp3) is 0.500. The molecule has 0 aliphatic carbocycles. The summed E-state index contributed by atoms with van der Waals surface area (Å²) < 4.78 is 0. The zero-order chi connectivity index (χ0) is 9.68. The second-order valence-corrected chi connectivity index (χ2v) is 3.00. The van der Waals surface area contributed by atoms with Crippen LogP contribution in [-0.2, 0) is 0 Å². The molecular formula is C10H17N3. The standard InChI is InChI=1S/C10H17N3/c1-3-8-13(4-2)10-9(11)6-5-7-12-10/h5-7H,3-4,8,11H2,1-2H3. The third-order valence-electron chi connectivity index (χ3n) is 1.99. The van der Waals surface area contributed by atoms with Crippen molar-refractivity contribution in [1.29, 1.82) is 0 Å². The van der Waals surface area contributed by atoms with Crippen molar-refractivity contribution < 1.29 is 0 Å². The molecule has 0 saturated heterocycles. The van der Waals surface area contributed by atoms with Gasteiger partial charge in [-0.25, -0.2) is 4.98 Å². The van der Waals surface area contributed by atoms with Crippen LogP contribution >= 0.6 is 0 Å². The van der Waals surface area contributed by atoms with E-state index in [0.29, 0.717) is 0 Å². The van der Waals surface area contributed by atoms with E-state index in [1.165, 1.54) is 0 Å². The van der Waals surface area contributed by atoms with Crippen molar-refractivity contribution in [2.24, 2.45) is 0 Å². The van der Waals surface area contributed by atoms with Gasteiger partial charge in [0, 0.05) is 19.3 Å². The van der Waals surface area contributed by atoms with Gasteiger partial charge in [-0.2, -0.15) is 0 Å². The van der Waals surface area contributed by atoms with Gasteiger partial charge >= 0.3 is 0 Å². The van der Waals surface area contributed by atoms with Crippen LogP contribution in [0.3, 0.4) is 0 Å². The molecule has 13 heavy (non-hydrogen) atoms. The molecule has 0 fully saturated rings. The van der Waals surface area contributed by atoms with E-state index in [1.54, 1.807) is 6.20 Å². The zero-order valence-corrected chi connectivity index (χ0v) is 8.33. The highest BCUT2D eigenvalue weighted by molar-refractivity contribution is 5.61. The molecule has 3 nitrogen and oxygen atoms in total. The summed E-state index contributed by atoms with van der Waals surface area (Å²) in [7, 11) is 0. The number of anilines is 2. The van der Waals surface area contributed by atoms with Crippen LogP contribution in [0.1, 0.15) is 20.3 Å².